The summed E-state index contributed by atoms with van der Waals surface area (Å²) >= 11 is 0. The molecule has 0 bridgehead atoms. The number of rotatable bonds is 3. The number of cyclic esters (lactones) is 1. The first-order valence-electron chi connectivity index (χ1n) is 4.63. The minimum Gasteiger partial charge on any atom is -0.478 e. The van der Waals surface area contributed by atoms with Gasteiger partial charge in [-0.1, -0.05) is 19.9 Å². The fraction of sp³-hybridized carbons (Fsp3) is 0.600. The van der Waals surface area contributed by atoms with E-state index >= 15 is 0 Å². The summed E-state index contributed by atoms with van der Waals surface area (Å²) in [5.41, 5.74) is 0. The normalized spacial score (nSPS) is 19.2. The Hall–Kier alpha value is -1.32. The van der Waals surface area contributed by atoms with Crippen molar-refractivity contribution in [2.75, 3.05) is 6.61 Å². The lowest BCUT2D eigenvalue weighted by Gasteiger charge is -1.99. The molecule has 0 aromatic heterocycles. The van der Waals surface area contributed by atoms with E-state index in [1.807, 2.05) is 0 Å². The number of carboxylic acids is 1. The molecule has 0 aromatic carbocycles. The molecule has 1 heterocycles. The Bertz CT molecular complexity index is 210. The number of carbonyl (C=O) groups excluding carboxylic acids is 1. The number of carboxylic acid groups (broad SMARTS) is 1. The quantitative estimate of drug-likeness (QED) is 0.555. The van der Waals surface area contributed by atoms with Gasteiger partial charge in [-0.15, -0.1) is 0 Å². The molecule has 4 nitrogen and oxygen atoms in total. The van der Waals surface area contributed by atoms with E-state index in [1.54, 1.807) is 0 Å². The Morgan fingerprint density at radius 3 is 2.64 bits per heavy atom. The maximum atomic E-state index is 10.7. The van der Waals surface area contributed by atoms with E-state index in [2.05, 4.69) is 13.5 Å². The minimum atomic E-state index is -0.981. The lowest BCUT2D eigenvalue weighted by atomic mass is 10.0. The van der Waals surface area contributed by atoms with Gasteiger partial charge in [0.2, 0.25) is 0 Å². The highest BCUT2D eigenvalue weighted by Crippen LogP contribution is 2.18. The molecule has 0 spiro atoms. The maximum Gasteiger partial charge on any atom is 0.327 e. The summed E-state index contributed by atoms with van der Waals surface area (Å²) in [6.07, 6.45) is 3.85. The van der Waals surface area contributed by atoms with Gasteiger partial charge in [-0.05, 0) is 12.8 Å². The van der Waals surface area contributed by atoms with Crippen LogP contribution < -0.4 is 0 Å². The van der Waals surface area contributed by atoms with Gasteiger partial charge in [-0.25, -0.2) is 4.79 Å². The second-order valence-corrected chi connectivity index (χ2v) is 2.98. The van der Waals surface area contributed by atoms with Crippen LogP contribution in [0.25, 0.3) is 0 Å². The van der Waals surface area contributed by atoms with Crippen LogP contribution in [0, 0.1) is 5.92 Å². The zero-order valence-corrected chi connectivity index (χ0v) is 8.36. The highest BCUT2D eigenvalue weighted by molar-refractivity contribution is 5.78. The third-order valence-electron chi connectivity index (χ3n) is 1.86. The molecule has 1 saturated heterocycles. The Labute approximate surface area is 83.6 Å². The Morgan fingerprint density at radius 1 is 1.79 bits per heavy atom. The Morgan fingerprint density at radius 2 is 2.36 bits per heavy atom. The van der Waals surface area contributed by atoms with Crippen molar-refractivity contribution in [3.05, 3.63) is 12.7 Å². The summed E-state index contributed by atoms with van der Waals surface area (Å²) < 4.78 is 4.78. The summed E-state index contributed by atoms with van der Waals surface area (Å²) in [6, 6.07) is 0. The highest BCUT2D eigenvalue weighted by Gasteiger charge is 2.24. The van der Waals surface area contributed by atoms with Crippen molar-refractivity contribution < 1.29 is 19.4 Å². The van der Waals surface area contributed by atoms with Gasteiger partial charge >= 0.3 is 11.9 Å². The fourth-order valence-corrected chi connectivity index (χ4v) is 1.15. The molecule has 1 fully saturated rings. The molecule has 0 aliphatic carbocycles. The standard InChI is InChI=1S/C7H12O2.C3H4O2/c1-2-3-6-4-5-9-7(6)8;1-2-3(4)5/h6H,2-5H2,1H3;2H,1H2,(H,4,5). The lowest BCUT2D eigenvalue weighted by Crippen LogP contribution is -2.06. The van der Waals surface area contributed by atoms with Gasteiger partial charge in [0, 0.05) is 6.08 Å². The molecule has 1 atom stereocenters. The molecule has 0 saturated carbocycles. The van der Waals surface area contributed by atoms with Gasteiger partial charge in [0.25, 0.3) is 0 Å². The summed E-state index contributed by atoms with van der Waals surface area (Å²) in [7, 11) is 0. The molecule has 1 unspecified atom stereocenters. The van der Waals surface area contributed by atoms with Crippen LogP contribution in [0.15, 0.2) is 12.7 Å². The van der Waals surface area contributed by atoms with Crippen molar-refractivity contribution in [2.24, 2.45) is 5.92 Å². The molecule has 0 aromatic rings. The zero-order valence-electron chi connectivity index (χ0n) is 8.36. The minimum absolute atomic E-state index is 0.0110. The van der Waals surface area contributed by atoms with Crippen molar-refractivity contribution in [3.8, 4) is 0 Å². The van der Waals surface area contributed by atoms with Crippen LogP contribution in [0.3, 0.4) is 0 Å². The molecule has 4 heteroatoms. The molecule has 0 radical (unpaired) electrons. The number of hydrogen-bond donors (Lipinski definition) is 1. The molecule has 1 aliphatic rings. The first-order chi connectivity index (χ1) is 6.61. The van der Waals surface area contributed by atoms with E-state index in [4.69, 9.17) is 9.84 Å². The fourth-order valence-electron chi connectivity index (χ4n) is 1.15. The van der Waals surface area contributed by atoms with Crippen LogP contribution in [0.4, 0.5) is 0 Å². The Kier molecular flexibility index (Phi) is 6.45. The monoisotopic (exact) mass is 200 g/mol. The molecule has 1 aliphatic heterocycles. The van der Waals surface area contributed by atoms with Crippen LogP contribution in [0.2, 0.25) is 0 Å². The van der Waals surface area contributed by atoms with E-state index < -0.39 is 5.97 Å². The third kappa shape index (κ3) is 5.35. The molecule has 1 rings (SSSR count). The predicted molar refractivity (Wildman–Crippen MR) is 51.8 cm³/mol. The molecular formula is C10H16O4. The number of carbonyl (C=O) groups is 2. The van der Waals surface area contributed by atoms with E-state index in [9.17, 15) is 9.59 Å². The summed E-state index contributed by atoms with van der Waals surface area (Å²) in [4.78, 5) is 20.0. The molecule has 0 amide bonds. The zero-order chi connectivity index (χ0) is 11.0. The van der Waals surface area contributed by atoms with Gasteiger partial charge in [0.05, 0.1) is 12.5 Å². The van der Waals surface area contributed by atoms with Crippen LogP contribution in [0.5, 0.6) is 0 Å². The highest BCUT2D eigenvalue weighted by atomic mass is 16.5. The van der Waals surface area contributed by atoms with Gasteiger partial charge in [-0.2, -0.15) is 0 Å². The van der Waals surface area contributed by atoms with E-state index in [0.29, 0.717) is 6.61 Å². The molecular weight excluding hydrogens is 184 g/mol. The Balaban J connectivity index is 0.000000292. The summed E-state index contributed by atoms with van der Waals surface area (Å²) in [5.74, 6) is -0.753. The first-order valence-corrected chi connectivity index (χ1v) is 4.63. The predicted octanol–water partition coefficient (Wildman–Crippen LogP) is 1.61. The SMILES string of the molecule is C=CC(=O)O.CCCC1CCOC1=O. The van der Waals surface area contributed by atoms with Crippen LogP contribution in [-0.2, 0) is 14.3 Å². The number of hydrogen-bond acceptors (Lipinski definition) is 3. The second-order valence-electron chi connectivity index (χ2n) is 2.98. The summed E-state index contributed by atoms with van der Waals surface area (Å²) in [5, 5.41) is 7.60. The average Bonchev–Trinajstić information content (AvgIpc) is 2.54. The molecule has 14 heavy (non-hydrogen) atoms. The smallest absolute Gasteiger partial charge is 0.327 e. The molecule has 1 N–H and O–H groups in total. The number of esters is 1. The van der Waals surface area contributed by atoms with Crippen LogP contribution in [-0.4, -0.2) is 23.7 Å². The van der Waals surface area contributed by atoms with Crippen molar-refractivity contribution in [1.29, 1.82) is 0 Å². The van der Waals surface area contributed by atoms with Crippen LogP contribution in [0.1, 0.15) is 26.2 Å². The number of aliphatic carboxylic acids is 1. The topological polar surface area (TPSA) is 63.6 Å². The van der Waals surface area contributed by atoms with Crippen LogP contribution >= 0.6 is 0 Å². The van der Waals surface area contributed by atoms with Crippen molar-refractivity contribution in [3.63, 3.8) is 0 Å². The van der Waals surface area contributed by atoms with E-state index in [1.165, 1.54) is 0 Å². The third-order valence-corrected chi connectivity index (χ3v) is 1.86. The van der Waals surface area contributed by atoms with Gasteiger partial charge < -0.3 is 9.84 Å². The largest absolute Gasteiger partial charge is 0.478 e. The number of ether oxygens (including phenoxy) is 1. The maximum absolute atomic E-state index is 10.7. The van der Waals surface area contributed by atoms with Gasteiger partial charge in [0.15, 0.2) is 0 Å². The summed E-state index contributed by atoms with van der Waals surface area (Å²) in [6.45, 7) is 5.69. The molecule has 80 valence electrons. The van der Waals surface area contributed by atoms with Gasteiger partial charge in [0.1, 0.15) is 0 Å². The van der Waals surface area contributed by atoms with Crippen molar-refractivity contribution >= 4 is 11.9 Å². The van der Waals surface area contributed by atoms with E-state index in [0.717, 1.165) is 25.3 Å². The second kappa shape index (κ2) is 7.12. The van der Waals surface area contributed by atoms with E-state index in [-0.39, 0.29) is 11.9 Å². The van der Waals surface area contributed by atoms with Crippen molar-refractivity contribution in [1.82, 2.24) is 0 Å². The average molecular weight is 200 g/mol. The lowest BCUT2D eigenvalue weighted by molar-refractivity contribution is -0.141. The van der Waals surface area contributed by atoms with Crippen molar-refractivity contribution in [2.45, 2.75) is 26.2 Å². The van der Waals surface area contributed by atoms with Gasteiger partial charge in [-0.3, -0.25) is 4.79 Å². The first kappa shape index (κ1) is 12.7.